The Bertz CT molecular complexity index is 703. The first-order valence-corrected chi connectivity index (χ1v) is 7.87. The van der Waals surface area contributed by atoms with E-state index in [0.717, 1.165) is 5.69 Å². The number of benzene rings is 1. The molecule has 0 atom stereocenters. The van der Waals surface area contributed by atoms with Crippen LogP contribution in [0.4, 0.5) is 5.69 Å². The Kier molecular flexibility index (Phi) is 6.78. The van der Waals surface area contributed by atoms with Crippen LogP contribution < -0.4 is 10.1 Å². The van der Waals surface area contributed by atoms with Crippen LogP contribution in [-0.2, 0) is 11.4 Å². The van der Waals surface area contributed by atoms with Crippen LogP contribution in [0.5, 0.6) is 5.75 Å². The maximum absolute atomic E-state index is 11.8. The summed E-state index contributed by atoms with van der Waals surface area (Å²) in [5, 5.41) is 3.19. The first kappa shape index (κ1) is 18.0. The summed E-state index contributed by atoms with van der Waals surface area (Å²) in [6.07, 6.45) is 5.00. The smallest absolute Gasteiger partial charge is 0.248 e. The summed E-state index contributed by atoms with van der Waals surface area (Å²) in [6, 6.07) is 10.8. The van der Waals surface area contributed by atoms with Crippen molar-refractivity contribution in [3.63, 3.8) is 0 Å². The van der Waals surface area contributed by atoms with E-state index in [9.17, 15) is 4.79 Å². The zero-order chi connectivity index (χ0) is 17.4. The summed E-state index contributed by atoms with van der Waals surface area (Å²) in [4.78, 5) is 18.0. The summed E-state index contributed by atoms with van der Waals surface area (Å²) >= 11 is 6.20. The van der Waals surface area contributed by atoms with E-state index in [-0.39, 0.29) is 5.91 Å². The fraction of sp³-hybridized carbons (Fsp3) is 0.222. The molecule has 6 heteroatoms. The van der Waals surface area contributed by atoms with Gasteiger partial charge in [0.1, 0.15) is 12.4 Å². The lowest BCUT2D eigenvalue weighted by Crippen LogP contribution is -2.12. The molecule has 0 bridgehead atoms. The number of halogens is 1. The number of ether oxygens (including phenoxy) is 1. The Morgan fingerprint density at radius 1 is 1.33 bits per heavy atom. The van der Waals surface area contributed by atoms with E-state index in [4.69, 9.17) is 16.3 Å². The third kappa shape index (κ3) is 6.02. The molecule has 0 aliphatic carbocycles. The first-order valence-electron chi connectivity index (χ1n) is 7.49. The molecule has 0 unspecified atom stereocenters. The molecule has 126 valence electrons. The zero-order valence-corrected chi connectivity index (χ0v) is 14.5. The summed E-state index contributed by atoms with van der Waals surface area (Å²) in [5.41, 5.74) is 1.43. The second-order valence-electron chi connectivity index (χ2n) is 5.41. The van der Waals surface area contributed by atoms with Crippen LogP contribution in [0, 0.1) is 0 Å². The predicted octanol–water partition coefficient (Wildman–Crippen LogP) is 3.37. The van der Waals surface area contributed by atoms with Gasteiger partial charge in [-0.2, -0.15) is 0 Å². The maximum atomic E-state index is 11.8. The Morgan fingerprint density at radius 2 is 2.17 bits per heavy atom. The quantitative estimate of drug-likeness (QED) is 0.782. The van der Waals surface area contributed by atoms with E-state index in [2.05, 4.69) is 10.3 Å². The Hall–Kier alpha value is -2.37. The molecule has 1 amide bonds. The van der Waals surface area contributed by atoms with Gasteiger partial charge in [0, 0.05) is 24.5 Å². The molecule has 2 rings (SSSR count). The predicted molar refractivity (Wildman–Crippen MR) is 96.3 cm³/mol. The molecule has 24 heavy (non-hydrogen) atoms. The number of nitrogens with one attached hydrogen (secondary N) is 1. The lowest BCUT2D eigenvalue weighted by atomic mass is 10.3. The van der Waals surface area contributed by atoms with Gasteiger partial charge in [-0.05, 0) is 44.4 Å². The first-order chi connectivity index (χ1) is 11.5. The van der Waals surface area contributed by atoms with Gasteiger partial charge < -0.3 is 15.0 Å². The number of hydrogen-bond acceptors (Lipinski definition) is 4. The number of amides is 1. The van der Waals surface area contributed by atoms with Crippen LogP contribution in [-0.4, -0.2) is 36.4 Å². The van der Waals surface area contributed by atoms with Gasteiger partial charge in [0.25, 0.3) is 0 Å². The summed E-state index contributed by atoms with van der Waals surface area (Å²) < 4.78 is 5.65. The third-order valence-electron chi connectivity index (χ3n) is 3.04. The molecule has 1 heterocycles. The van der Waals surface area contributed by atoms with Crippen LogP contribution in [0.2, 0.25) is 5.02 Å². The van der Waals surface area contributed by atoms with Gasteiger partial charge in [-0.25, -0.2) is 0 Å². The summed E-state index contributed by atoms with van der Waals surface area (Å²) in [5.74, 6) is 0.346. The minimum Gasteiger partial charge on any atom is -0.486 e. The molecule has 2 aromatic rings. The van der Waals surface area contributed by atoms with Gasteiger partial charge in [0.15, 0.2) is 0 Å². The zero-order valence-electron chi connectivity index (χ0n) is 13.7. The topological polar surface area (TPSA) is 54.5 Å². The van der Waals surface area contributed by atoms with Gasteiger partial charge in [-0.3, -0.25) is 9.78 Å². The molecule has 5 nitrogen and oxygen atoms in total. The third-order valence-corrected chi connectivity index (χ3v) is 3.34. The maximum Gasteiger partial charge on any atom is 0.248 e. The van der Waals surface area contributed by atoms with E-state index in [0.29, 0.717) is 29.6 Å². The SMILES string of the molecule is CN(C)C/C=C/C(=O)Nc1ccc(OCc2ccccn2)c(Cl)c1. The van der Waals surface area contributed by atoms with Crippen LogP contribution in [0.3, 0.4) is 0 Å². The fourth-order valence-corrected chi connectivity index (χ4v) is 2.12. The van der Waals surface area contributed by atoms with Crippen LogP contribution in [0.15, 0.2) is 54.7 Å². The number of carbonyl (C=O) groups excluding carboxylic acids is 1. The van der Waals surface area contributed by atoms with Gasteiger partial charge in [0.05, 0.1) is 10.7 Å². The fourth-order valence-electron chi connectivity index (χ4n) is 1.89. The van der Waals surface area contributed by atoms with Crippen molar-refractivity contribution in [1.82, 2.24) is 9.88 Å². The number of anilines is 1. The Morgan fingerprint density at radius 3 is 2.83 bits per heavy atom. The molecule has 1 aromatic carbocycles. The van der Waals surface area contributed by atoms with Crippen molar-refractivity contribution in [1.29, 1.82) is 0 Å². The van der Waals surface area contributed by atoms with Crippen molar-refractivity contribution in [2.75, 3.05) is 26.0 Å². The standard InChI is InChI=1S/C18H20ClN3O2/c1-22(2)11-5-7-18(23)21-14-8-9-17(16(19)12-14)24-13-15-6-3-4-10-20-15/h3-10,12H,11,13H2,1-2H3,(H,21,23)/b7-5+. The van der Waals surface area contributed by atoms with Crippen LogP contribution >= 0.6 is 11.6 Å². The van der Waals surface area contributed by atoms with Crippen molar-refractivity contribution < 1.29 is 9.53 Å². The van der Waals surface area contributed by atoms with Gasteiger partial charge in [-0.15, -0.1) is 0 Å². The van der Waals surface area contributed by atoms with Crippen molar-refractivity contribution >= 4 is 23.2 Å². The molecule has 0 saturated carbocycles. The molecule has 1 aromatic heterocycles. The average molecular weight is 346 g/mol. The Labute approximate surface area is 146 Å². The van der Waals surface area contributed by atoms with Crippen molar-refractivity contribution in [3.8, 4) is 5.75 Å². The highest BCUT2D eigenvalue weighted by atomic mass is 35.5. The lowest BCUT2D eigenvalue weighted by molar-refractivity contribution is -0.111. The number of carbonyl (C=O) groups is 1. The highest BCUT2D eigenvalue weighted by Gasteiger charge is 2.05. The van der Waals surface area contributed by atoms with E-state index >= 15 is 0 Å². The normalized spacial score (nSPS) is 11.0. The van der Waals surface area contributed by atoms with E-state index < -0.39 is 0 Å². The second kappa shape index (κ2) is 9.05. The number of pyridine rings is 1. The minimum absolute atomic E-state index is 0.199. The molecule has 0 spiro atoms. The Balaban J connectivity index is 1.91. The highest BCUT2D eigenvalue weighted by molar-refractivity contribution is 6.32. The van der Waals surface area contributed by atoms with Gasteiger partial charge in [-0.1, -0.05) is 23.7 Å². The van der Waals surface area contributed by atoms with E-state index in [1.807, 2.05) is 37.2 Å². The van der Waals surface area contributed by atoms with E-state index in [1.54, 1.807) is 30.5 Å². The molecular weight excluding hydrogens is 326 g/mol. The number of rotatable bonds is 7. The van der Waals surface area contributed by atoms with Crippen molar-refractivity contribution in [3.05, 3.63) is 65.5 Å². The molecule has 0 aliphatic rings. The molecule has 1 N–H and O–H groups in total. The molecular formula is C18H20ClN3O2. The second-order valence-corrected chi connectivity index (χ2v) is 5.82. The molecule has 0 aliphatic heterocycles. The van der Waals surface area contributed by atoms with Crippen molar-refractivity contribution in [2.45, 2.75) is 6.61 Å². The molecule has 0 radical (unpaired) electrons. The molecule has 0 fully saturated rings. The summed E-state index contributed by atoms with van der Waals surface area (Å²) in [6.45, 7) is 1.04. The van der Waals surface area contributed by atoms with Crippen LogP contribution in [0.25, 0.3) is 0 Å². The molecule has 0 saturated heterocycles. The lowest BCUT2D eigenvalue weighted by Gasteiger charge is -2.09. The number of nitrogens with zero attached hydrogens (tertiary/aromatic N) is 2. The van der Waals surface area contributed by atoms with Crippen LogP contribution in [0.1, 0.15) is 5.69 Å². The van der Waals surface area contributed by atoms with Gasteiger partial charge in [0.2, 0.25) is 5.91 Å². The monoisotopic (exact) mass is 345 g/mol. The highest BCUT2D eigenvalue weighted by Crippen LogP contribution is 2.28. The summed E-state index contributed by atoms with van der Waals surface area (Å²) in [7, 11) is 3.87. The number of aromatic nitrogens is 1. The van der Waals surface area contributed by atoms with E-state index in [1.165, 1.54) is 6.08 Å². The number of hydrogen-bond donors (Lipinski definition) is 1. The minimum atomic E-state index is -0.199. The average Bonchev–Trinajstić information content (AvgIpc) is 2.54. The largest absolute Gasteiger partial charge is 0.486 e. The van der Waals surface area contributed by atoms with Gasteiger partial charge >= 0.3 is 0 Å². The van der Waals surface area contributed by atoms with Crippen molar-refractivity contribution in [2.24, 2.45) is 0 Å². The number of likely N-dealkylation sites (N-methyl/N-ethyl adjacent to an activating group) is 1.